The summed E-state index contributed by atoms with van der Waals surface area (Å²) < 4.78 is 13.8. The van der Waals surface area contributed by atoms with Gasteiger partial charge in [0.15, 0.2) is 0 Å². The van der Waals surface area contributed by atoms with E-state index in [1.54, 1.807) is 6.07 Å². The molecular formula is C11H14BrFN2O. The first kappa shape index (κ1) is 13.1. The monoisotopic (exact) mass is 288 g/mol. The van der Waals surface area contributed by atoms with Gasteiger partial charge in [-0.3, -0.25) is 10.1 Å². The molecule has 0 aliphatic heterocycles. The van der Waals surface area contributed by atoms with Crippen molar-refractivity contribution in [2.45, 2.75) is 25.9 Å². The molecule has 0 fully saturated rings. The van der Waals surface area contributed by atoms with Crippen LogP contribution in [0.25, 0.3) is 0 Å². The van der Waals surface area contributed by atoms with E-state index in [4.69, 9.17) is 5.73 Å². The zero-order chi connectivity index (χ0) is 12.3. The summed E-state index contributed by atoms with van der Waals surface area (Å²) in [6, 6.07) is 3.57. The molecule has 1 rings (SSSR count). The molecular weight excluding hydrogens is 275 g/mol. The minimum absolute atomic E-state index is 0.0765. The first-order chi connectivity index (χ1) is 7.41. The number of carbonyl (C=O) groups excluding carboxylic acids is 1. The summed E-state index contributed by atoms with van der Waals surface area (Å²) >= 11 is 3.27. The van der Waals surface area contributed by atoms with E-state index in [9.17, 15) is 9.18 Å². The first-order valence-corrected chi connectivity index (χ1v) is 5.71. The molecule has 1 atom stereocenters. The average Bonchev–Trinajstić information content (AvgIpc) is 2.18. The summed E-state index contributed by atoms with van der Waals surface area (Å²) in [6.45, 7) is 3.78. The number of hydrogen-bond donors (Lipinski definition) is 2. The quantitative estimate of drug-likeness (QED) is 0.892. The van der Waals surface area contributed by atoms with Gasteiger partial charge in [-0.1, -0.05) is 15.9 Å². The molecule has 0 aromatic heterocycles. The minimum Gasteiger partial charge on any atom is -0.368 e. The van der Waals surface area contributed by atoms with Crippen LogP contribution in [0.3, 0.4) is 0 Å². The van der Waals surface area contributed by atoms with E-state index in [1.807, 2.05) is 13.8 Å². The molecule has 1 unspecified atom stereocenters. The molecule has 0 aliphatic rings. The van der Waals surface area contributed by atoms with Crippen LogP contribution in [-0.4, -0.2) is 11.9 Å². The van der Waals surface area contributed by atoms with Crippen LogP contribution in [0.5, 0.6) is 0 Å². The lowest BCUT2D eigenvalue weighted by Gasteiger charge is -2.19. The molecule has 0 aliphatic carbocycles. The molecule has 0 saturated heterocycles. The topological polar surface area (TPSA) is 55.1 Å². The van der Waals surface area contributed by atoms with Gasteiger partial charge >= 0.3 is 0 Å². The Kier molecular flexibility index (Phi) is 4.44. The van der Waals surface area contributed by atoms with Crippen LogP contribution in [-0.2, 0) is 4.79 Å². The van der Waals surface area contributed by atoms with Crippen LogP contribution >= 0.6 is 15.9 Å². The number of nitrogens with two attached hydrogens (primary N) is 1. The van der Waals surface area contributed by atoms with Crippen molar-refractivity contribution < 1.29 is 9.18 Å². The second kappa shape index (κ2) is 5.41. The number of amides is 1. The molecule has 0 bridgehead atoms. The Morgan fingerprint density at radius 1 is 1.50 bits per heavy atom. The van der Waals surface area contributed by atoms with Crippen molar-refractivity contribution in [1.29, 1.82) is 0 Å². The zero-order valence-electron chi connectivity index (χ0n) is 9.13. The van der Waals surface area contributed by atoms with E-state index in [-0.39, 0.29) is 6.04 Å². The van der Waals surface area contributed by atoms with E-state index in [2.05, 4.69) is 21.2 Å². The lowest BCUT2D eigenvalue weighted by molar-refractivity contribution is -0.120. The number of primary amides is 1. The van der Waals surface area contributed by atoms with Crippen LogP contribution in [0.2, 0.25) is 0 Å². The van der Waals surface area contributed by atoms with Gasteiger partial charge in [-0.25, -0.2) is 4.39 Å². The molecule has 16 heavy (non-hydrogen) atoms. The minimum atomic E-state index is -0.690. The van der Waals surface area contributed by atoms with Crippen molar-refractivity contribution in [2.24, 2.45) is 5.73 Å². The highest BCUT2D eigenvalue weighted by molar-refractivity contribution is 9.10. The lowest BCUT2D eigenvalue weighted by Crippen LogP contribution is -2.37. The number of hydrogen-bond acceptors (Lipinski definition) is 2. The zero-order valence-corrected chi connectivity index (χ0v) is 10.7. The Balaban J connectivity index is 3.10. The SMILES string of the molecule is CC(C)NC(C(N)=O)c1cc(F)ccc1Br. The van der Waals surface area contributed by atoms with Gasteiger partial charge in [-0.05, 0) is 37.6 Å². The van der Waals surface area contributed by atoms with E-state index in [0.29, 0.717) is 10.0 Å². The molecule has 0 radical (unpaired) electrons. The summed E-state index contributed by atoms with van der Waals surface area (Å²) in [5.74, 6) is -0.921. The molecule has 3 nitrogen and oxygen atoms in total. The third-order valence-electron chi connectivity index (χ3n) is 2.05. The number of halogens is 2. The molecule has 5 heteroatoms. The standard InChI is InChI=1S/C11H14BrFN2O/c1-6(2)15-10(11(14)16)8-5-7(13)3-4-9(8)12/h3-6,10,15H,1-2H3,(H2,14,16). The van der Waals surface area contributed by atoms with Crippen LogP contribution in [0.15, 0.2) is 22.7 Å². The van der Waals surface area contributed by atoms with Gasteiger partial charge in [-0.15, -0.1) is 0 Å². The first-order valence-electron chi connectivity index (χ1n) is 4.92. The van der Waals surface area contributed by atoms with Gasteiger partial charge in [0.25, 0.3) is 0 Å². The van der Waals surface area contributed by atoms with Gasteiger partial charge in [0.05, 0.1) is 0 Å². The molecule has 3 N–H and O–H groups in total. The van der Waals surface area contributed by atoms with Gasteiger partial charge in [0, 0.05) is 10.5 Å². The van der Waals surface area contributed by atoms with Crippen molar-refractivity contribution >= 4 is 21.8 Å². The van der Waals surface area contributed by atoms with Crippen LogP contribution in [0.1, 0.15) is 25.5 Å². The summed E-state index contributed by atoms with van der Waals surface area (Å²) in [7, 11) is 0. The molecule has 0 saturated carbocycles. The maximum Gasteiger partial charge on any atom is 0.239 e. The predicted octanol–water partition coefficient (Wildman–Crippen LogP) is 2.11. The molecule has 1 aromatic rings. The number of nitrogens with one attached hydrogen (secondary N) is 1. The van der Waals surface area contributed by atoms with E-state index in [1.165, 1.54) is 12.1 Å². The van der Waals surface area contributed by atoms with Gasteiger partial charge < -0.3 is 5.73 Å². The third kappa shape index (κ3) is 3.28. The maximum atomic E-state index is 13.1. The van der Waals surface area contributed by atoms with Crippen LogP contribution in [0.4, 0.5) is 4.39 Å². The second-order valence-corrected chi connectivity index (χ2v) is 4.68. The van der Waals surface area contributed by atoms with Gasteiger partial charge in [0.1, 0.15) is 11.9 Å². The predicted molar refractivity (Wildman–Crippen MR) is 64.3 cm³/mol. The van der Waals surface area contributed by atoms with Crippen LogP contribution < -0.4 is 11.1 Å². The molecule has 1 amide bonds. The second-order valence-electron chi connectivity index (χ2n) is 3.82. The molecule has 0 heterocycles. The summed E-state index contributed by atoms with van der Waals surface area (Å²) in [5.41, 5.74) is 5.81. The fraction of sp³-hybridized carbons (Fsp3) is 0.364. The largest absolute Gasteiger partial charge is 0.368 e. The molecule has 1 aromatic carbocycles. The third-order valence-corrected chi connectivity index (χ3v) is 2.78. The van der Waals surface area contributed by atoms with E-state index < -0.39 is 17.8 Å². The van der Waals surface area contributed by atoms with E-state index in [0.717, 1.165) is 0 Å². The Labute approximate surface area is 102 Å². The van der Waals surface area contributed by atoms with Crippen molar-refractivity contribution in [1.82, 2.24) is 5.32 Å². The maximum absolute atomic E-state index is 13.1. The fourth-order valence-corrected chi connectivity index (χ4v) is 1.87. The number of carbonyl (C=O) groups is 1. The van der Waals surface area contributed by atoms with Crippen molar-refractivity contribution in [2.75, 3.05) is 0 Å². The summed E-state index contributed by atoms with van der Waals surface area (Å²) in [5, 5.41) is 2.99. The van der Waals surface area contributed by atoms with Gasteiger partial charge in [-0.2, -0.15) is 0 Å². The fourth-order valence-electron chi connectivity index (χ4n) is 1.39. The lowest BCUT2D eigenvalue weighted by atomic mass is 10.1. The van der Waals surface area contributed by atoms with Gasteiger partial charge in [0.2, 0.25) is 5.91 Å². The smallest absolute Gasteiger partial charge is 0.239 e. The summed E-state index contributed by atoms with van der Waals surface area (Å²) in [4.78, 5) is 11.3. The number of benzene rings is 1. The summed E-state index contributed by atoms with van der Waals surface area (Å²) in [6.07, 6.45) is 0. The van der Waals surface area contributed by atoms with Crippen molar-refractivity contribution in [3.05, 3.63) is 34.1 Å². The normalized spacial score (nSPS) is 12.8. The van der Waals surface area contributed by atoms with Crippen molar-refractivity contribution in [3.8, 4) is 0 Å². The Bertz CT molecular complexity index is 396. The Morgan fingerprint density at radius 3 is 2.62 bits per heavy atom. The molecule has 0 spiro atoms. The number of rotatable bonds is 4. The van der Waals surface area contributed by atoms with Crippen molar-refractivity contribution in [3.63, 3.8) is 0 Å². The van der Waals surface area contributed by atoms with E-state index >= 15 is 0 Å². The van der Waals surface area contributed by atoms with Crippen LogP contribution in [0, 0.1) is 5.82 Å². The Morgan fingerprint density at radius 2 is 2.12 bits per heavy atom. The highest BCUT2D eigenvalue weighted by atomic mass is 79.9. The Hall–Kier alpha value is -0.940. The highest BCUT2D eigenvalue weighted by Gasteiger charge is 2.21. The molecule has 88 valence electrons. The highest BCUT2D eigenvalue weighted by Crippen LogP contribution is 2.24. The average molecular weight is 289 g/mol.